The summed E-state index contributed by atoms with van der Waals surface area (Å²) in [6.45, 7) is 2.24. The molecule has 0 aliphatic carbocycles. The molecule has 208 valence electrons. The van der Waals surface area contributed by atoms with E-state index in [1.54, 1.807) is 35.5 Å². The van der Waals surface area contributed by atoms with Crippen molar-refractivity contribution < 1.29 is 22.7 Å². The second-order valence-electron chi connectivity index (χ2n) is 8.61. The number of morpholine rings is 1. The number of carbonyl (C=O) groups excluding carboxylic acids is 2. The summed E-state index contributed by atoms with van der Waals surface area (Å²) in [5.41, 5.74) is 1.55. The molecule has 3 heterocycles. The van der Waals surface area contributed by atoms with Crippen molar-refractivity contribution in [3.8, 4) is 0 Å². The SMILES string of the molecule is CN(Cc1csc(C(=O)Nc2c(C(=O)Nc3ccc(Cl)cn3)cc(Cl)cc2N2CCOCC2)c1Cl)C[SH](=O)=O. The highest BCUT2D eigenvalue weighted by Gasteiger charge is 2.26. The molecule has 0 unspecified atom stereocenters. The summed E-state index contributed by atoms with van der Waals surface area (Å²) in [7, 11) is -0.954. The summed E-state index contributed by atoms with van der Waals surface area (Å²) in [5, 5.41) is 8.21. The first-order valence-corrected chi connectivity index (χ1v) is 15.0. The van der Waals surface area contributed by atoms with E-state index in [0.29, 0.717) is 47.6 Å². The first-order chi connectivity index (χ1) is 18.6. The van der Waals surface area contributed by atoms with Crippen LogP contribution < -0.4 is 15.5 Å². The van der Waals surface area contributed by atoms with E-state index in [2.05, 4.69) is 15.6 Å². The topological polar surface area (TPSA) is 121 Å². The van der Waals surface area contributed by atoms with Crippen LogP contribution in [0.15, 0.2) is 35.8 Å². The number of anilines is 3. The molecule has 1 aliphatic rings. The third kappa shape index (κ3) is 7.60. The quantitative estimate of drug-likeness (QED) is 0.296. The number of nitrogens with zero attached hydrogens (tertiary/aromatic N) is 3. The van der Waals surface area contributed by atoms with E-state index in [1.165, 1.54) is 12.3 Å². The number of aromatic nitrogens is 1. The lowest BCUT2D eigenvalue weighted by Crippen LogP contribution is -2.37. The van der Waals surface area contributed by atoms with E-state index in [0.717, 1.165) is 11.3 Å². The molecular weight excluding hydrogens is 609 g/mol. The Bertz CT molecular complexity index is 1430. The maximum atomic E-state index is 13.5. The molecule has 0 bridgehead atoms. The van der Waals surface area contributed by atoms with Gasteiger partial charge in [0.25, 0.3) is 11.8 Å². The molecule has 39 heavy (non-hydrogen) atoms. The fourth-order valence-electron chi connectivity index (χ4n) is 3.94. The van der Waals surface area contributed by atoms with Gasteiger partial charge in [0.2, 0.25) is 0 Å². The molecule has 10 nitrogen and oxygen atoms in total. The van der Waals surface area contributed by atoms with Crippen LogP contribution >= 0.6 is 46.1 Å². The van der Waals surface area contributed by atoms with Crippen LogP contribution in [0.1, 0.15) is 25.6 Å². The van der Waals surface area contributed by atoms with Gasteiger partial charge >= 0.3 is 0 Å². The van der Waals surface area contributed by atoms with Crippen molar-refractivity contribution in [3.63, 3.8) is 0 Å². The van der Waals surface area contributed by atoms with Crippen LogP contribution in [0, 0.1) is 0 Å². The minimum atomic E-state index is -2.59. The van der Waals surface area contributed by atoms with Gasteiger partial charge in [-0.3, -0.25) is 14.5 Å². The standard InChI is InChI=1S/C24H24Cl3N5O5S2/c1-31(13-39(35)36)11-14-12-38-22(20(14)27)24(34)30-21-17(23(33)29-19-3-2-15(25)10-28-19)8-16(26)9-18(21)32-4-6-37-7-5-32/h2-3,8-10,12,39H,4-7,11,13H2,1H3,(H,30,34)(H,28,29,33). The van der Waals surface area contributed by atoms with Gasteiger partial charge in [-0.1, -0.05) is 34.8 Å². The van der Waals surface area contributed by atoms with Crippen molar-refractivity contribution >= 4 is 85.9 Å². The smallest absolute Gasteiger partial charge is 0.267 e. The number of ether oxygens (including phenoxy) is 1. The number of benzene rings is 1. The lowest BCUT2D eigenvalue weighted by molar-refractivity contribution is 0.102. The van der Waals surface area contributed by atoms with Crippen LogP contribution in [0.25, 0.3) is 0 Å². The second-order valence-corrected chi connectivity index (χ2v) is 11.7. The fourth-order valence-corrected chi connectivity index (χ4v) is 6.00. The molecule has 15 heteroatoms. The van der Waals surface area contributed by atoms with Crippen molar-refractivity contribution in [3.05, 3.63) is 66.9 Å². The Kier molecular flexibility index (Phi) is 10.0. The number of pyridine rings is 1. The summed E-state index contributed by atoms with van der Waals surface area (Å²) in [4.78, 5) is 34.7. The van der Waals surface area contributed by atoms with Crippen molar-refractivity contribution in [1.82, 2.24) is 9.88 Å². The lowest BCUT2D eigenvalue weighted by Gasteiger charge is -2.31. The molecule has 0 atom stereocenters. The summed E-state index contributed by atoms with van der Waals surface area (Å²) in [5.74, 6) is -0.935. The van der Waals surface area contributed by atoms with Gasteiger partial charge in [-0.05, 0) is 42.3 Å². The van der Waals surface area contributed by atoms with Crippen LogP contribution in [0.2, 0.25) is 15.1 Å². The number of rotatable bonds is 9. The molecule has 1 aliphatic heterocycles. The van der Waals surface area contributed by atoms with E-state index in [9.17, 15) is 18.0 Å². The lowest BCUT2D eigenvalue weighted by atomic mass is 10.1. The highest BCUT2D eigenvalue weighted by atomic mass is 35.5. The first kappa shape index (κ1) is 29.5. The summed E-state index contributed by atoms with van der Waals surface area (Å²) < 4.78 is 27.5. The first-order valence-electron chi connectivity index (χ1n) is 11.6. The Morgan fingerprint density at radius 2 is 1.85 bits per heavy atom. The number of amides is 2. The Morgan fingerprint density at radius 3 is 2.51 bits per heavy atom. The molecule has 0 spiro atoms. The highest BCUT2D eigenvalue weighted by molar-refractivity contribution is 7.72. The Labute approximate surface area is 245 Å². The number of hydrogen-bond acceptors (Lipinski definition) is 9. The van der Waals surface area contributed by atoms with E-state index in [-0.39, 0.29) is 39.4 Å². The predicted octanol–water partition coefficient (Wildman–Crippen LogP) is 4.45. The Hall–Kier alpha value is -2.45. The average Bonchev–Trinajstić information content (AvgIpc) is 3.25. The summed E-state index contributed by atoms with van der Waals surface area (Å²) in [6, 6.07) is 6.29. The molecule has 1 fully saturated rings. The van der Waals surface area contributed by atoms with Gasteiger partial charge in [0, 0.05) is 30.9 Å². The largest absolute Gasteiger partial charge is 0.378 e. The molecule has 2 aromatic heterocycles. The number of nitrogens with one attached hydrogen (secondary N) is 2. The summed E-state index contributed by atoms with van der Waals surface area (Å²) >= 11 is 20.0. The van der Waals surface area contributed by atoms with Crippen molar-refractivity contribution in [2.75, 3.05) is 54.8 Å². The Morgan fingerprint density at radius 1 is 1.10 bits per heavy atom. The van der Waals surface area contributed by atoms with Gasteiger partial charge in [0.1, 0.15) is 10.7 Å². The van der Waals surface area contributed by atoms with E-state index < -0.39 is 22.5 Å². The minimum absolute atomic E-state index is 0.126. The molecule has 0 radical (unpaired) electrons. The van der Waals surface area contributed by atoms with Gasteiger partial charge in [-0.15, -0.1) is 11.3 Å². The molecule has 1 saturated heterocycles. The highest BCUT2D eigenvalue weighted by Crippen LogP contribution is 2.36. The zero-order valence-electron chi connectivity index (χ0n) is 20.6. The van der Waals surface area contributed by atoms with E-state index in [1.807, 2.05) is 4.90 Å². The zero-order chi connectivity index (χ0) is 28.1. The third-order valence-electron chi connectivity index (χ3n) is 5.69. The normalized spacial score (nSPS) is 13.6. The van der Waals surface area contributed by atoms with Gasteiger partial charge in [0.05, 0.1) is 46.1 Å². The maximum absolute atomic E-state index is 13.5. The van der Waals surface area contributed by atoms with Gasteiger partial charge < -0.3 is 20.3 Å². The number of carbonyl (C=O) groups is 2. The fraction of sp³-hybridized carbons (Fsp3) is 0.292. The molecule has 2 amide bonds. The number of thiol groups is 1. The molecule has 1 aromatic carbocycles. The molecule has 4 rings (SSSR count). The minimum Gasteiger partial charge on any atom is -0.378 e. The maximum Gasteiger partial charge on any atom is 0.267 e. The van der Waals surface area contributed by atoms with E-state index in [4.69, 9.17) is 39.5 Å². The molecule has 0 saturated carbocycles. The molecular formula is C24H24Cl3N5O5S2. The molecule has 2 N–H and O–H groups in total. The second kappa shape index (κ2) is 13.3. The van der Waals surface area contributed by atoms with Crippen molar-refractivity contribution in [1.29, 1.82) is 0 Å². The van der Waals surface area contributed by atoms with E-state index >= 15 is 0 Å². The predicted molar refractivity (Wildman–Crippen MR) is 156 cm³/mol. The van der Waals surface area contributed by atoms with Crippen molar-refractivity contribution in [2.24, 2.45) is 0 Å². The number of thiophene rings is 1. The van der Waals surface area contributed by atoms with Gasteiger partial charge in [-0.2, -0.15) is 0 Å². The van der Waals surface area contributed by atoms with Crippen LogP contribution in [0.4, 0.5) is 17.2 Å². The number of halogens is 3. The van der Waals surface area contributed by atoms with Crippen molar-refractivity contribution in [2.45, 2.75) is 6.54 Å². The average molecular weight is 633 g/mol. The Balaban J connectivity index is 1.67. The third-order valence-corrected chi connectivity index (χ3v) is 8.42. The van der Waals surface area contributed by atoms with Crippen LogP contribution in [0.5, 0.6) is 0 Å². The van der Waals surface area contributed by atoms with Crippen LogP contribution in [0.3, 0.4) is 0 Å². The van der Waals surface area contributed by atoms with Gasteiger partial charge in [0.15, 0.2) is 10.7 Å². The van der Waals surface area contributed by atoms with Crippen LogP contribution in [-0.2, 0) is 22.0 Å². The van der Waals surface area contributed by atoms with Gasteiger partial charge in [-0.25, -0.2) is 13.4 Å². The monoisotopic (exact) mass is 631 g/mol. The molecule has 3 aromatic rings. The summed E-state index contributed by atoms with van der Waals surface area (Å²) in [6.07, 6.45) is 1.40. The number of hydrogen-bond donors (Lipinski definition) is 3. The van der Waals surface area contributed by atoms with Crippen LogP contribution in [-0.4, -0.2) is 69.3 Å². The zero-order valence-corrected chi connectivity index (χ0v) is 24.6.